The van der Waals surface area contributed by atoms with Gasteiger partial charge in [-0.15, -0.1) is 0 Å². The Labute approximate surface area is 124 Å². The van der Waals surface area contributed by atoms with Crippen molar-refractivity contribution in [2.75, 3.05) is 27.2 Å². The molecule has 2 aliphatic rings. The number of hydrogen-bond donors (Lipinski definition) is 1. The Hall–Kier alpha value is -1.46. The minimum atomic E-state index is -0.336. The van der Waals surface area contributed by atoms with Crippen molar-refractivity contribution in [3.8, 4) is 0 Å². The monoisotopic (exact) mass is 291 g/mol. The lowest BCUT2D eigenvalue weighted by atomic mass is 10.1. The molecule has 1 saturated heterocycles. The van der Waals surface area contributed by atoms with Gasteiger partial charge in [0.1, 0.15) is 17.5 Å². The van der Waals surface area contributed by atoms with Gasteiger partial charge in [0.25, 0.3) is 0 Å². The second-order valence-electron chi connectivity index (χ2n) is 6.34. The van der Waals surface area contributed by atoms with E-state index in [0.29, 0.717) is 0 Å². The van der Waals surface area contributed by atoms with Crippen LogP contribution in [0.1, 0.15) is 31.0 Å². The van der Waals surface area contributed by atoms with E-state index in [1.54, 1.807) is 12.1 Å². The molecule has 0 bridgehead atoms. The molecular formula is C16H22FN3O. The highest BCUT2D eigenvalue weighted by atomic mass is 19.1. The fourth-order valence-electron chi connectivity index (χ4n) is 2.97. The number of rotatable bonds is 5. The number of carbonyl (C=O) groups excluding carboxylic acids is 1. The van der Waals surface area contributed by atoms with E-state index in [0.717, 1.165) is 37.9 Å². The van der Waals surface area contributed by atoms with Gasteiger partial charge >= 0.3 is 0 Å². The van der Waals surface area contributed by atoms with Gasteiger partial charge in [-0.25, -0.2) is 4.39 Å². The summed E-state index contributed by atoms with van der Waals surface area (Å²) in [5, 5.41) is 3.46. The minimum Gasteiger partial charge on any atom is -0.321 e. The molecule has 1 aromatic rings. The summed E-state index contributed by atoms with van der Waals surface area (Å²) in [7, 11) is 4.06. The molecule has 1 spiro atoms. The standard InChI is InChI=1S/C16H22FN3O/c1-19(2)10-3-11-20-14(12-4-6-13(17)7-5-12)18-16(8-9-16)15(20)21/h4-7,14,18H,3,8-11H2,1-2H3. The molecule has 3 rings (SSSR count). The fraction of sp³-hybridized carbons (Fsp3) is 0.562. The number of benzene rings is 1. The molecule has 21 heavy (non-hydrogen) atoms. The van der Waals surface area contributed by atoms with Crippen molar-refractivity contribution >= 4 is 5.91 Å². The molecule has 4 nitrogen and oxygen atoms in total. The van der Waals surface area contributed by atoms with E-state index in [1.807, 2.05) is 19.0 Å². The van der Waals surface area contributed by atoms with Crippen LogP contribution in [0.15, 0.2) is 24.3 Å². The average Bonchev–Trinajstić information content (AvgIpc) is 3.17. The summed E-state index contributed by atoms with van der Waals surface area (Å²) in [5.74, 6) is -0.0426. The molecule has 1 atom stereocenters. The molecule has 1 aliphatic heterocycles. The smallest absolute Gasteiger partial charge is 0.244 e. The highest BCUT2D eigenvalue weighted by Gasteiger charge is 2.59. The van der Waals surface area contributed by atoms with Crippen LogP contribution in [0.2, 0.25) is 0 Å². The second kappa shape index (κ2) is 5.39. The third-order valence-electron chi connectivity index (χ3n) is 4.34. The summed E-state index contributed by atoms with van der Waals surface area (Å²) in [4.78, 5) is 16.6. The Morgan fingerprint density at radius 3 is 2.57 bits per heavy atom. The number of nitrogens with one attached hydrogen (secondary N) is 1. The van der Waals surface area contributed by atoms with E-state index in [1.165, 1.54) is 12.1 Å². The Kier molecular flexibility index (Phi) is 3.71. The van der Waals surface area contributed by atoms with Crippen LogP contribution >= 0.6 is 0 Å². The van der Waals surface area contributed by atoms with Gasteiger partial charge in [0.05, 0.1) is 0 Å². The van der Waals surface area contributed by atoms with Gasteiger partial charge in [-0.3, -0.25) is 10.1 Å². The normalized spacial score (nSPS) is 23.3. The predicted octanol–water partition coefficient (Wildman–Crippen LogP) is 1.74. The van der Waals surface area contributed by atoms with Crippen LogP contribution in [0.3, 0.4) is 0 Å². The van der Waals surface area contributed by atoms with E-state index in [4.69, 9.17) is 0 Å². The van der Waals surface area contributed by atoms with Gasteiger partial charge in [0.15, 0.2) is 0 Å². The van der Waals surface area contributed by atoms with Crippen molar-refractivity contribution in [3.63, 3.8) is 0 Å². The number of hydrogen-bond acceptors (Lipinski definition) is 3. The maximum absolute atomic E-state index is 13.1. The zero-order chi connectivity index (χ0) is 15.0. The molecule has 1 aliphatic carbocycles. The van der Waals surface area contributed by atoms with Crippen molar-refractivity contribution < 1.29 is 9.18 Å². The lowest BCUT2D eigenvalue weighted by molar-refractivity contribution is -0.130. The first-order valence-electron chi connectivity index (χ1n) is 7.51. The van der Waals surface area contributed by atoms with Gasteiger partial charge in [-0.2, -0.15) is 0 Å². The minimum absolute atomic E-state index is 0.122. The fourth-order valence-corrected chi connectivity index (χ4v) is 2.97. The molecule has 0 aromatic heterocycles. The van der Waals surface area contributed by atoms with Crippen LogP contribution in [0.25, 0.3) is 0 Å². The Morgan fingerprint density at radius 1 is 1.33 bits per heavy atom. The highest BCUT2D eigenvalue weighted by molar-refractivity contribution is 5.92. The second-order valence-corrected chi connectivity index (χ2v) is 6.34. The first-order chi connectivity index (χ1) is 10.0. The van der Waals surface area contributed by atoms with Crippen molar-refractivity contribution in [1.82, 2.24) is 15.1 Å². The lowest BCUT2D eigenvalue weighted by Crippen LogP contribution is -2.34. The molecule has 2 fully saturated rings. The first-order valence-corrected chi connectivity index (χ1v) is 7.51. The zero-order valence-corrected chi connectivity index (χ0v) is 12.6. The molecule has 5 heteroatoms. The zero-order valence-electron chi connectivity index (χ0n) is 12.6. The third kappa shape index (κ3) is 2.80. The summed E-state index contributed by atoms with van der Waals surface area (Å²) >= 11 is 0. The quantitative estimate of drug-likeness (QED) is 0.897. The summed E-state index contributed by atoms with van der Waals surface area (Å²) in [6.07, 6.45) is 2.64. The molecular weight excluding hydrogens is 269 g/mol. The van der Waals surface area contributed by atoms with Crippen molar-refractivity contribution in [2.24, 2.45) is 0 Å². The van der Waals surface area contributed by atoms with E-state index in [2.05, 4.69) is 10.2 Å². The Morgan fingerprint density at radius 2 is 2.00 bits per heavy atom. The topological polar surface area (TPSA) is 35.6 Å². The number of halogens is 1. The van der Waals surface area contributed by atoms with Crippen molar-refractivity contribution in [2.45, 2.75) is 31.0 Å². The molecule has 1 saturated carbocycles. The van der Waals surface area contributed by atoms with Gasteiger partial charge in [-0.05, 0) is 57.6 Å². The van der Waals surface area contributed by atoms with E-state index in [9.17, 15) is 9.18 Å². The summed E-state index contributed by atoms with van der Waals surface area (Å²) in [6, 6.07) is 6.44. The SMILES string of the molecule is CN(C)CCCN1C(=O)C2(CC2)NC1c1ccc(F)cc1. The van der Waals surface area contributed by atoms with Gasteiger partial charge in [-0.1, -0.05) is 12.1 Å². The maximum atomic E-state index is 13.1. The van der Waals surface area contributed by atoms with E-state index >= 15 is 0 Å². The number of amides is 1. The summed E-state index contributed by atoms with van der Waals surface area (Å²) in [5.41, 5.74) is 0.621. The Bertz CT molecular complexity index is 525. The molecule has 1 N–H and O–H groups in total. The highest BCUT2D eigenvalue weighted by Crippen LogP contribution is 2.45. The summed E-state index contributed by atoms with van der Waals surface area (Å²) in [6.45, 7) is 1.68. The maximum Gasteiger partial charge on any atom is 0.244 e. The van der Waals surface area contributed by atoms with Crippen LogP contribution in [0.5, 0.6) is 0 Å². The predicted molar refractivity (Wildman–Crippen MR) is 79.1 cm³/mol. The number of nitrogens with zero attached hydrogens (tertiary/aromatic N) is 2. The Balaban J connectivity index is 1.76. The average molecular weight is 291 g/mol. The van der Waals surface area contributed by atoms with Crippen molar-refractivity contribution in [3.05, 3.63) is 35.6 Å². The molecule has 114 valence electrons. The van der Waals surface area contributed by atoms with Crippen LogP contribution < -0.4 is 5.32 Å². The third-order valence-corrected chi connectivity index (χ3v) is 4.34. The number of carbonyl (C=O) groups is 1. The van der Waals surface area contributed by atoms with Crippen LogP contribution in [-0.2, 0) is 4.79 Å². The van der Waals surface area contributed by atoms with Gasteiger partial charge in [0.2, 0.25) is 5.91 Å². The molecule has 0 radical (unpaired) electrons. The van der Waals surface area contributed by atoms with Crippen LogP contribution in [0, 0.1) is 5.82 Å². The van der Waals surface area contributed by atoms with Crippen LogP contribution in [-0.4, -0.2) is 48.4 Å². The molecule has 1 aromatic carbocycles. The van der Waals surface area contributed by atoms with Crippen LogP contribution in [0.4, 0.5) is 4.39 Å². The molecule has 1 heterocycles. The summed E-state index contributed by atoms with van der Waals surface area (Å²) < 4.78 is 13.1. The van der Waals surface area contributed by atoms with Gasteiger partial charge in [0, 0.05) is 6.54 Å². The van der Waals surface area contributed by atoms with E-state index in [-0.39, 0.29) is 23.4 Å². The first kappa shape index (κ1) is 14.5. The van der Waals surface area contributed by atoms with E-state index < -0.39 is 0 Å². The lowest BCUT2D eigenvalue weighted by Gasteiger charge is -2.25. The van der Waals surface area contributed by atoms with Crippen molar-refractivity contribution in [1.29, 1.82) is 0 Å². The largest absolute Gasteiger partial charge is 0.321 e. The molecule has 1 amide bonds. The van der Waals surface area contributed by atoms with Gasteiger partial charge < -0.3 is 9.80 Å². The molecule has 1 unspecified atom stereocenters.